The number of fused-ring (bicyclic) bond motifs is 3. The van der Waals surface area contributed by atoms with Crippen molar-refractivity contribution in [2.24, 2.45) is 0 Å². The fourth-order valence-corrected chi connectivity index (χ4v) is 5.64. The van der Waals surface area contributed by atoms with Crippen LogP contribution in [-0.2, 0) is 15.1 Å². The summed E-state index contributed by atoms with van der Waals surface area (Å²) in [5.41, 5.74) is 4.56. The minimum atomic E-state index is -0.859. The topological polar surface area (TPSA) is 48.0 Å². The van der Waals surface area contributed by atoms with Crippen molar-refractivity contribution in [2.45, 2.75) is 19.4 Å². The van der Waals surface area contributed by atoms with E-state index in [9.17, 15) is 4.79 Å². The van der Waals surface area contributed by atoms with Crippen LogP contribution in [-0.4, -0.2) is 38.9 Å². The van der Waals surface area contributed by atoms with Crippen molar-refractivity contribution in [3.63, 3.8) is 0 Å². The fourth-order valence-electron chi connectivity index (χ4n) is 5.64. The average Bonchev–Trinajstić information content (AvgIpc) is 2.98. The van der Waals surface area contributed by atoms with Gasteiger partial charge in [0.15, 0.2) is 5.60 Å². The Morgan fingerprint density at radius 3 is 2.26 bits per heavy atom. The van der Waals surface area contributed by atoms with E-state index < -0.39 is 5.60 Å². The van der Waals surface area contributed by atoms with Gasteiger partial charge >= 0.3 is 5.97 Å². The van der Waals surface area contributed by atoms with Crippen LogP contribution < -0.4 is 9.64 Å². The van der Waals surface area contributed by atoms with Crippen molar-refractivity contribution < 1.29 is 19.0 Å². The van der Waals surface area contributed by atoms with E-state index in [1.807, 2.05) is 56.3 Å². The zero-order valence-electron chi connectivity index (χ0n) is 21.8. The average molecular weight is 506 g/mol. The molecule has 1 atom stereocenters. The van der Waals surface area contributed by atoms with E-state index in [-0.39, 0.29) is 5.97 Å². The summed E-state index contributed by atoms with van der Waals surface area (Å²) in [6.07, 6.45) is 4.11. The summed E-state index contributed by atoms with van der Waals surface area (Å²) in [6, 6.07) is 27.0. The molecule has 0 saturated carbocycles. The van der Waals surface area contributed by atoms with Crippen LogP contribution in [0, 0.1) is 6.92 Å². The first-order chi connectivity index (χ1) is 18.6. The van der Waals surface area contributed by atoms with Crippen LogP contribution in [0.15, 0.2) is 84.9 Å². The number of nitrogens with zero attached hydrogens (tertiary/aromatic N) is 1. The third-order valence-corrected chi connectivity index (χ3v) is 7.57. The monoisotopic (exact) mass is 505 g/mol. The molecule has 6 rings (SSSR count). The molecule has 0 bridgehead atoms. The van der Waals surface area contributed by atoms with Crippen LogP contribution in [0.5, 0.6) is 5.75 Å². The fraction of sp³-hybridized carbons (Fsp3) is 0.242. The van der Waals surface area contributed by atoms with Gasteiger partial charge in [0.1, 0.15) is 5.75 Å². The molecule has 2 heterocycles. The van der Waals surface area contributed by atoms with Gasteiger partial charge in [-0.1, -0.05) is 66.7 Å². The highest BCUT2D eigenvalue weighted by Gasteiger charge is 2.39. The van der Waals surface area contributed by atoms with E-state index in [4.69, 9.17) is 14.2 Å². The Bertz CT molecular complexity index is 1500. The Kier molecular flexibility index (Phi) is 6.38. The molecule has 4 aromatic rings. The molecule has 38 heavy (non-hydrogen) atoms. The third kappa shape index (κ3) is 4.04. The maximum absolute atomic E-state index is 13.1. The third-order valence-electron chi connectivity index (χ3n) is 7.57. The Labute approximate surface area is 223 Å². The lowest BCUT2D eigenvalue weighted by atomic mass is 9.82. The van der Waals surface area contributed by atoms with Crippen molar-refractivity contribution in [2.75, 3.05) is 37.8 Å². The minimum Gasteiger partial charge on any atom is -0.472 e. The summed E-state index contributed by atoms with van der Waals surface area (Å²) in [7, 11) is 0. The van der Waals surface area contributed by atoms with Gasteiger partial charge in [0.25, 0.3) is 0 Å². The van der Waals surface area contributed by atoms with Gasteiger partial charge in [-0.3, -0.25) is 0 Å². The Morgan fingerprint density at radius 1 is 0.895 bits per heavy atom. The van der Waals surface area contributed by atoms with Crippen LogP contribution in [0.4, 0.5) is 5.69 Å². The molecule has 192 valence electrons. The molecule has 2 aliphatic heterocycles. The second-order valence-corrected chi connectivity index (χ2v) is 9.69. The predicted molar refractivity (Wildman–Crippen MR) is 151 cm³/mol. The number of benzene rings is 4. The number of hydrogen-bond acceptors (Lipinski definition) is 5. The van der Waals surface area contributed by atoms with E-state index in [0.29, 0.717) is 17.9 Å². The number of carbonyl (C=O) groups excluding carboxylic acids is 1. The van der Waals surface area contributed by atoms with Crippen molar-refractivity contribution in [3.8, 4) is 5.75 Å². The van der Waals surface area contributed by atoms with Gasteiger partial charge < -0.3 is 19.1 Å². The van der Waals surface area contributed by atoms with E-state index in [0.717, 1.165) is 59.3 Å². The van der Waals surface area contributed by atoms with Crippen LogP contribution in [0.2, 0.25) is 0 Å². The van der Waals surface area contributed by atoms with Crippen LogP contribution >= 0.6 is 0 Å². The van der Waals surface area contributed by atoms with E-state index in [2.05, 4.69) is 53.4 Å². The summed E-state index contributed by atoms with van der Waals surface area (Å²) in [4.78, 5) is 15.5. The molecule has 5 heteroatoms. The van der Waals surface area contributed by atoms with Gasteiger partial charge in [0.05, 0.1) is 25.4 Å². The molecule has 2 aliphatic rings. The summed E-state index contributed by atoms with van der Waals surface area (Å²) in [5.74, 6) is 0.361. The van der Waals surface area contributed by atoms with Crippen molar-refractivity contribution in [1.29, 1.82) is 0 Å². The summed E-state index contributed by atoms with van der Waals surface area (Å²) < 4.78 is 18.1. The molecule has 0 aromatic heterocycles. The number of esters is 1. The van der Waals surface area contributed by atoms with Gasteiger partial charge in [0.2, 0.25) is 0 Å². The zero-order valence-corrected chi connectivity index (χ0v) is 21.8. The molecule has 0 N–H and O–H groups in total. The predicted octanol–water partition coefficient (Wildman–Crippen LogP) is 6.51. The highest BCUT2D eigenvalue weighted by molar-refractivity contribution is 6.06. The van der Waals surface area contributed by atoms with E-state index in [1.165, 1.54) is 5.69 Å². The van der Waals surface area contributed by atoms with Gasteiger partial charge in [-0.15, -0.1) is 0 Å². The molecule has 0 aliphatic carbocycles. The smallest absolute Gasteiger partial charge is 0.339 e. The molecular weight excluding hydrogens is 474 g/mol. The SMILES string of the molecule is CCOC(=O)c1c2c(c3ccccc3c1C)OC(c1ccccc1)(c1ccc(N3CCOCC3)cc1)C=C2. The summed E-state index contributed by atoms with van der Waals surface area (Å²) >= 11 is 0. The quantitative estimate of drug-likeness (QED) is 0.289. The Balaban J connectivity index is 1.53. The van der Waals surface area contributed by atoms with E-state index in [1.54, 1.807) is 0 Å². The second kappa shape index (κ2) is 9.99. The minimum absolute atomic E-state index is 0.313. The number of aryl methyl sites for hydroxylation is 1. The molecule has 4 aromatic carbocycles. The molecule has 0 amide bonds. The number of rotatable bonds is 5. The largest absolute Gasteiger partial charge is 0.472 e. The summed E-state index contributed by atoms with van der Waals surface area (Å²) in [5, 5.41) is 1.96. The molecule has 0 spiro atoms. The van der Waals surface area contributed by atoms with E-state index >= 15 is 0 Å². The zero-order chi connectivity index (χ0) is 26.1. The lowest BCUT2D eigenvalue weighted by Gasteiger charge is -2.38. The van der Waals surface area contributed by atoms with Gasteiger partial charge in [-0.05, 0) is 49.1 Å². The number of ether oxygens (including phenoxy) is 3. The lowest BCUT2D eigenvalue weighted by Crippen LogP contribution is -2.37. The standard InChI is InChI=1S/C33H31NO4/c1-3-37-32(35)30-23(2)27-11-7-8-12-28(27)31-29(30)17-18-33(38-31,24-9-5-4-6-10-24)25-13-15-26(16-14-25)34-19-21-36-22-20-34/h4-18H,3,19-22H2,1-2H3. The van der Waals surface area contributed by atoms with Crippen LogP contribution in [0.3, 0.4) is 0 Å². The van der Waals surface area contributed by atoms with Crippen molar-refractivity contribution >= 4 is 28.5 Å². The molecule has 1 saturated heterocycles. The number of anilines is 1. The van der Waals surface area contributed by atoms with Crippen molar-refractivity contribution in [3.05, 3.63) is 113 Å². The van der Waals surface area contributed by atoms with Crippen LogP contribution in [0.1, 0.15) is 39.5 Å². The number of morpholine rings is 1. The Morgan fingerprint density at radius 2 is 1.55 bits per heavy atom. The maximum Gasteiger partial charge on any atom is 0.339 e. The highest BCUT2D eigenvalue weighted by Crippen LogP contribution is 2.47. The second-order valence-electron chi connectivity index (χ2n) is 9.69. The summed E-state index contributed by atoms with van der Waals surface area (Å²) in [6.45, 7) is 7.37. The molecule has 5 nitrogen and oxygen atoms in total. The maximum atomic E-state index is 13.1. The molecule has 1 fully saturated rings. The van der Waals surface area contributed by atoms with Gasteiger partial charge in [-0.25, -0.2) is 4.79 Å². The van der Waals surface area contributed by atoms with Gasteiger partial charge in [-0.2, -0.15) is 0 Å². The first kappa shape index (κ1) is 24.3. The number of carbonyl (C=O) groups is 1. The first-order valence-corrected chi connectivity index (χ1v) is 13.2. The van der Waals surface area contributed by atoms with Gasteiger partial charge in [0, 0.05) is 40.9 Å². The highest BCUT2D eigenvalue weighted by atomic mass is 16.5. The normalized spacial score (nSPS) is 18.6. The van der Waals surface area contributed by atoms with Crippen LogP contribution in [0.25, 0.3) is 16.8 Å². The molecule has 1 unspecified atom stereocenters. The van der Waals surface area contributed by atoms with Crippen molar-refractivity contribution in [1.82, 2.24) is 0 Å². The first-order valence-electron chi connectivity index (χ1n) is 13.2. The molecule has 0 radical (unpaired) electrons. The number of hydrogen-bond donors (Lipinski definition) is 0. The lowest BCUT2D eigenvalue weighted by molar-refractivity contribution is 0.0524. The molecular formula is C33H31NO4. The Hall–Kier alpha value is -4.09.